The zero-order valence-electron chi connectivity index (χ0n) is 30.2. The molecule has 0 atom stereocenters. The van der Waals surface area contributed by atoms with Crippen LogP contribution in [0.2, 0.25) is 0 Å². The number of aromatic nitrogens is 4. The lowest BCUT2D eigenvalue weighted by Gasteiger charge is -2.12. The molecule has 0 saturated heterocycles. The van der Waals surface area contributed by atoms with Crippen molar-refractivity contribution >= 4 is 43.7 Å². The maximum absolute atomic E-state index is 7.07. The van der Waals surface area contributed by atoms with Crippen LogP contribution in [-0.4, -0.2) is 19.5 Å². The molecule has 3 aromatic heterocycles. The maximum atomic E-state index is 7.07. The van der Waals surface area contributed by atoms with Gasteiger partial charge < -0.3 is 8.98 Å². The number of para-hydroxylation sites is 3. The van der Waals surface area contributed by atoms with Gasteiger partial charge >= 0.3 is 0 Å². The molecule has 262 valence electrons. The highest BCUT2D eigenvalue weighted by molar-refractivity contribution is 6.22. The molecule has 56 heavy (non-hydrogen) atoms. The van der Waals surface area contributed by atoms with Crippen LogP contribution in [0.25, 0.3) is 106 Å². The average molecular weight is 717 g/mol. The average Bonchev–Trinajstić information content (AvgIpc) is 3.84. The van der Waals surface area contributed by atoms with E-state index in [0.29, 0.717) is 17.5 Å². The van der Waals surface area contributed by atoms with E-state index in [9.17, 15) is 0 Å². The molecule has 8 aromatic carbocycles. The van der Waals surface area contributed by atoms with Crippen LogP contribution in [0.4, 0.5) is 0 Å². The lowest BCUT2D eigenvalue weighted by molar-refractivity contribution is 0.671. The van der Waals surface area contributed by atoms with Crippen LogP contribution in [0.1, 0.15) is 0 Å². The van der Waals surface area contributed by atoms with Crippen molar-refractivity contribution < 1.29 is 4.42 Å². The summed E-state index contributed by atoms with van der Waals surface area (Å²) < 4.78 is 9.38. The molecule has 0 saturated carbocycles. The highest BCUT2D eigenvalue weighted by Gasteiger charge is 2.22. The van der Waals surface area contributed by atoms with Gasteiger partial charge in [-0.1, -0.05) is 146 Å². The second kappa shape index (κ2) is 13.0. The molecular formula is C51H32N4O. The molecule has 0 unspecified atom stereocenters. The van der Waals surface area contributed by atoms with Gasteiger partial charge in [0.25, 0.3) is 0 Å². The van der Waals surface area contributed by atoms with Crippen molar-refractivity contribution in [3.05, 3.63) is 194 Å². The Bertz CT molecular complexity index is 3170. The third-order valence-corrected chi connectivity index (χ3v) is 10.6. The Hall–Kier alpha value is -7.63. The summed E-state index contributed by atoms with van der Waals surface area (Å²) in [5, 5.41) is 4.36. The minimum absolute atomic E-state index is 0.546. The minimum atomic E-state index is 0.546. The Balaban J connectivity index is 1.17. The summed E-state index contributed by atoms with van der Waals surface area (Å²) >= 11 is 0. The minimum Gasteiger partial charge on any atom is -0.453 e. The Morgan fingerprint density at radius 2 is 0.839 bits per heavy atom. The number of hydrogen-bond acceptors (Lipinski definition) is 4. The standard InChI is InChI=1S/C51H32N4O/c1-5-16-33(17-6-1)36-30-37(34-18-7-2-8-19-34)32-38(31-36)50-52-49(35-20-9-3-10-21-35)53-51(54-50)44-26-15-25-42-43-29-28-41-40-24-13-14-27-45(40)55(39-22-11-4-12-23-39)46(41)48(43)56-47(42)44/h1-32H. The van der Waals surface area contributed by atoms with Crippen molar-refractivity contribution in [1.29, 1.82) is 0 Å². The number of hydrogen-bond donors (Lipinski definition) is 0. The van der Waals surface area contributed by atoms with E-state index in [1.165, 1.54) is 5.39 Å². The van der Waals surface area contributed by atoms with Crippen LogP contribution in [-0.2, 0) is 0 Å². The predicted molar refractivity (Wildman–Crippen MR) is 229 cm³/mol. The van der Waals surface area contributed by atoms with Crippen molar-refractivity contribution in [1.82, 2.24) is 19.5 Å². The van der Waals surface area contributed by atoms with Gasteiger partial charge in [-0.2, -0.15) is 0 Å². The van der Waals surface area contributed by atoms with Crippen molar-refractivity contribution in [2.75, 3.05) is 0 Å². The maximum Gasteiger partial charge on any atom is 0.167 e. The summed E-state index contributed by atoms with van der Waals surface area (Å²) in [6.07, 6.45) is 0. The van der Waals surface area contributed by atoms with Crippen LogP contribution in [0, 0.1) is 0 Å². The molecule has 0 bridgehead atoms. The number of fused-ring (bicyclic) bond motifs is 7. The van der Waals surface area contributed by atoms with E-state index in [1.54, 1.807) is 0 Å². The predicted octanol–water partition coefficient (Wildman–Crippen LogP) is 13.2. The van der Waals surface area contributed by atoms with Gasteiger partial charge in [-0.15, -0.1) is 0 Å². The van der Waals surface area contributed by atoms with E-state index in [-0.39, 0.29) is 0 Å². The van der Waals surface area contributed by atoms with Crippen LogP contribution in [0.3, 0.4) is 0 Å². The Morgan fingerprint density at radius 3 is 1.52 bits per heavy atom. The number of furan rings is 1. The molecule has 0 fully saturated rings. The Labute approximate surface area is 322 Å². The van der Waals surface area contributed by atoms with E-state index in [1.807, 2.05) is 48.5 Å². The second-order valence-corrected chi connectivity index (χ2v) is 14.0. The van der Waals surface area contributed by atoms with Crippen LogP contribution < -0.4 is 0 Å². The molecule has 0 amide bonds. The lowest BCUT2D eigenvalue weighted by Crippen LogP contribution is -2.00. The molecule has 11 aromatic rings. The zero-order valence-corrected chi connectivity index (χ0v) is 30.2. The monoisotopic (exact) mass is 716 g/mol. The largest absolute Gasteiger partial charge is 0.453 e. The lowest BCUT2D eigenvalue weighted by atomic mass is 9.96. The van der Waals surface area contributed by atoms with Crippen molar-refractivity contribution in [2.24, 2.45) is 0 Å². The van der Waals surface area contributed by atoms with Crippen molar-refractivity contribution in [2.45, 2.75) is 0 Å². The first-order valence-electron chi connectivity index (χ1n) is 18.8. The Morgan fingerprint density at radius 1 is 0.339 bits per heavy atom. The van der Waals surface area contributed by atoms with Gasteiger partial charge in [-0.25, -0.2) is 15.0 Å². The fourth-order valence-electron chi connectivity index (χ4n) is 8.02. The smallest absolute Gasteiger partial charge is 0.167 e. The summed E-state index contributed by atoms with van der Waals surface area (Å²) in [4.78, 5) is 15.6. The first kappa shape index (κ1) is 31.9. The number of nitrogens with zero attached hydrogens (tertiary/aromatic N) is 4. The molecule has 0 aliphatic rings. The summed E-state index contributed by atoms with van der Waals surface area (Å²) in [6, 6.07) is 67.3. The third kappa shape index (κ3) is 5.29. The van der Waals surface area contributed by atoms with Gasteiger partial charge in [0.15, 0.2) is 23.1 Å². The summed E-state index contributed by atoms with van der Waals surface area (Å²) in [5.74, 6) is 1.73. The van der Waals surface area contributed by atoms with Gasteiger partial charge in [-0.3, -0.25) is 0 Å². The molecule has 0 radical (unpaired) electrons. The van der Waals surface area contributed by atoms with Gasteiger partial charge in [0.1, 0.15) is 5.58 Å². The molecule has 3 heterocycles. The summed E-state index contributed by atoms with van der Waals surface area (Å²) in [7, 11) is 0. The summed E-state index contributed by atoms with van der Waals surface area (Å²) in [5.41, 5.74) is 11.8. The van der Waals surface area contributed by atoms with E-state index in [4.69, 9.17) is 19.4 Å². The first-order valence-corrected chi connectivity index (χ1v) is 18.8. The van der Waals surface area contributed by atoms with E-state index in [2.05, 4.69) is 150 Å². The molecule has 0 N–H and O–H groups in total. The fraction of sp³-hybridized carbons (Fsp3) is 0. The highest BCUT2D eigenvalue weighted by atomic mass is 16.3. The third-order valence-electron chi connectivity index (χ3n) is 10.6. The van der Waals surface area contributed by atoms with Crippen LogP contribution in [0.5, 0.6) is 0 Å². The molecule has 5 heteroatoms. The van der Waals surface area contributed by atoms with Crippen molar-refractivity contribution in [3.63, 3.8) is 0 Å². The van der Waals surface area contributed by atoms with Gasteiger partial charge in [0.2, 0.25) is 0 Å². The fourth-order valence-corrected chi connectivity index (χ4v) is 8.02. The van der Waals surface area contributed by atoms with Crippen LogP contribution in [0.15, 0.2) is 199 Å². The van der Waals surface area contributed by atoms with E-state index >= 15 is 0 Å². The topological polar surface area (TPSA) is 56.7 Å². The highest BCUT2D eigenvalue weighted by Crippen LogP contribution is 2.42. The van der Waals surface area contributed by atoms with Crippen LogP contribution >= 0.6 is 0 Å². The first-order chi connectivity index (χ1) is 27.8. The molecule has 0 aliphatic carbocycles. The van der Waals surface area contributed by atoms with Crippen molar-refractivity contribution in [3.8, 4) is 62.1 Å². The normalized spacial score (nSPS) is 11.6. The Kier molecular flexibility index (Phi) is 7.42. The number of rotatable bonds is 6. The van der Waals surface area contributed by atoms with E-state index in [0.717, 1.165) is 83.0 Å². The van der Waals surface area contributed by atoms with E-state index < -0.39 is 0 Å². The molecule has 11 rings (SSSR count). The summed E-state index contributed by atoms with van der Waals surface area (Å²) in [6.45, 7) is 0. The molecule has 0 spiro atoms. The molecular weight excluding hydrogens is 685 g/mol. The van der Waals surface area contributed by atoms with Gasteiger partial charge in [-0.05, 0) is 70.8 Å². The SMILES string of the molecule is c1ccc(-c2cc(-c3ccccc3)cc(-c3nc(-c4ccccc4)nc(-c4cccc5c4oc4c5ccc5c6ccccc6n(-c6ccccc6)c54)n3)c2)cc1. The molecule has 0 aliphatic heterocycles. The number of benzene rings is 8. The molecule has 5 nitrogen and oxygen atoms in total. The van der Waals surface area contributed by atoms with Gasteiger partial charge in [0.05, 0.1) is 16.6 Å². The second-order valence-electron chi connectivity index (χ2n) is 14.0. The zero-order chi connectivity index (χ0) is 37.0. The quantitative estimate of drug-likeness (QED) is 0.172. The van der Waals surface area contributed by atoms with Gasteiger partial charge in [0, 0.05) is 38.4 Å².